The first kappa shape index (κ1) is 8.24. The Morgan fingerprint density at radius 2 is 2.00 bits per heavy atom. The van der Waals surface area contributed by atoms with Gasteiger partial charge in [-0.05, 0) is 24.0 Å². The van der Waals surface area contributed by atoms with Gasteiger partial charge in [-0.1, -0.05) is 6.07 Å². The van der Waals surface area contributed by atoms with E-state index in [1.165, 1.54) is 26.2 Å². The van der Waals surface area contributed by atoms with Gasteiger partial charge >= 0.3 is 0 Å². The van der Waals surface area contributed by atoms with Crippen LogP contribution in [0.2, 0.25) is 0 Å². The van der Waals surface area contributed by atoms with Gasteiger partial charge < -0.3 is 10.2 Å². The summed E-state index contributed by atoms with van der Waals surface area (Å²) in [6.45, 7) is 4.73. The molecule has 74 valence electrons. The van der Waals surface area contributed by atoms with Gasteiger partial charge in [0, 0.05) is 32.4 Å². The summed E-state index contributed by atoms with van der Waals surface area (Å²) in [5.41, 5.74) is 0. The second kappa shape index (κ2) is 3.24. The number of nitrogens with one attached hydrogen (secondary N) is 1. The third-order valence-corrected chi connectivity index (χ3v) is 3.36. The van der Waals surface area contributed by atoms with Crippen molar-refractivity contribution < 1.29 is 0 Å². The Hall–Kier alpha value is -1.09. The molecule has 2 fully saturated rings. The lowest BCUT2D eigenvalue weighted by Gasteiger charge is -2.17. The molecule has 2 saturated heterocycles. The Bertz CT molecular complexity index is 300. The van der Waals surface area contributed by atoms with Crippen LogP contribution in [0, 0.1) is 11.8 Å². The van der Waals surface area contributed by atoms with Crippen molar-refractivity contribution in [3.63, 3.8) is 0 Å². The second-order valence-corrected chi connectivity index (χ2v) is 4.27. The van der Waals surface area contributed by atoms with E-state index in [2.05, 4.69) is 27.3 Å². The maximum Gasteiger partial charge on any atom is 0.128 e. The molecule has 2 aliphatic rings. The van der Waals surface area contributed by atoms with Gasteiger partial charge in [0.25, 0.3) is 0 Å². The summed E-state index contributed by atoms with van der Waals surface area (Å²) in [4.78, 5) is 6.81. The normalized spacial score (nSPS) is 30.7. The lowest BCUT2D eigenvalue weighted by molar-refractivity contribution is 0.533. The zero-order valence-corrected chi connectivity index (χ0v) is 8.19. The quantitative estimate of drug-likeness (QED) is 0.706. The van der Waals surface area contributed by atoms with Gasteiger partial charge in [0.2, 0.25) is 0 Å². The van der Waals surface area contributed by atoms with E-state index < -0.39 is 0 Å². The topological polar surface area (TPSA) is 28.2 Å². The first-order valence-corrected chi connectivity index (χ1v) is 5.30. The maximum absolute atomic E-state index is 4.39. The molecule has 0 spiro atoms. The first-order chi connectivity index (χ1) is 6.93. The number of hydrogen-bond donors (Lipinski definition) is 1. The van der Waals surface area contributed by atoms with Crippen molar-refractivity contribution in [3.05, 3.63) is 24.4 Å². The molecule has 0 amide bonds. The molecule has 2 atom stereocenters. The fraction of sp³-hybridized carbons (Fsp3) is 0.545. The molecule has 0 aliphatic carbocycles. The largest absolute Gasteiger partial charge is 0.356 e. The monoisotopic (exact) mass is 189 g/mol. The van der Waals surface area contributed by atoms with Crippen LogP contribution in [0.3, 0.4) is 0 Å². The molecule has 3 heteroatoms. The molecule has 0 radical (unpaired) electrons. The predicted molar refractivity (Wildman–Crippen MR) is 56.3 cm³/mol. The average molecular weight is 189 g/mol. The van der Waals surface area contributed by atoms with Crippen molar-refractivity contribution in [1.29, 1.82) is 0 Å². The minimum absolute atomic E-state index is 0.844. The highest BCUT2D eigenvalue weighted by atomic mass is 15.2. The van der Waals surface area contributed by atoms with Gasteiger partial charge in [-0.2, -0.15) is 0 Å². The van der Waals surface area contributed by atoms with Crippen LogP contribution >= 0.6 is 0 Å². The van der Waals surface area contributed by atoms with Crippen molar-refractivity contribution in [2.24, 2.45) is 11.8 Å². The van der Waals surface area contributed by atoms with E-state index >= 15 is 0 Å². The molecular formula is C11H15N3. The van der Waals surface area contributed by atoms with Gasteiger partial charge in [0.15, 0.2) is 0 Å². The number of hydrogen-bond acceptors (Lipinski definition) is 3. The predicted octanol–water partition coefficient (Wildman–Crippen LogP) is 0.737. The van der Waals surface area contributed by atoms with Crippen molar-refractivity contribution >= 4 is 5.82 Å². The minimum atomic E-state index is 0.844. The van der Waals surface area contributed by atoms with Gasteiger partial charge in [-0.25, -0.2) is 4.98 Å². The smallest absolute Gasteiger partial charge is 0.128 e. The number of anilines is 1. The fourth-order valence-corrected chi connectivity index (χ4v) is 2.58. The standard InChI is InChI=1S/C11H15N3/c1-2-4-13-11(3-1)14-7-9-5-12-6-10(9)8-14/h1-4,9-10,12H,5-8H2/t9-,10-/m0/s1. The summed E-state index contributed by atoms with van der Waals surface area (Å²) in [6, 6.07) is 6.14. The molecular weight excluding hydrogens is 174 g/mol. The van der Waals surface area contributed by atoms with E-state index in [4.69, 9.17) is 0 Å². The zero-order valence-electron chi connectivity index (χ0n) is 8.19. The summed E-state index contributed by atoms with van der Waals surface area (Å²) in [7, 11) is 0. The molecule has 0 aromatic carbocycles. The Labute approximate surface area is 84.1 Å². The highest BCUT2D eigenvalue weighted by Crippen LogP contribution is 2.28. The van der Waals surface area contributed by atoms with E-state index in [1.54, 1.807) is 0 Å². The summed E-state index contributed by atoms with van der Waals surface area (Å²) in [5.74, 6) is 2.83. The second-order valence-electron chi connectivity index (χ2n) is 4.27. The summed E-state index contributed by atoms with van der Waals surface area (Å²) in [5, 5.41) is 3.45. The third kappa shape index (κ3) is 1.28. The molecule has 3 nitrogen and oxygen atoms in total. The number of aromatic nitrogens is 1. The van der Waals surface area contributed by atoms with Crippen molar-refractivity contribution in [2.75, 3.05) is 31.1 Å². The van der Waals surface area contributed by atoms with Gasteiger partial charge in [-0.15, -0.1) is 0 Å². The van der Waals surface area contributed by atoms with E-state index in [0.717, 1.165) is 17.7 Å². The van der Waals surface area contributed by atoms with E-state index in [0.29, 0.717) is 0 Å². The minimum Gasteiger partial charge on any atom is -0.356 e. The molecule has 3 rings (SSSR count). The average Bonchev–Trinajstić information content (AvgIpc) is 2.78. The van der Waals surface area contributed by atoms with Crippen LogP contribution in [-0.4, -0.2) is 31.2 Å². The molecule has 0 saturated carbocycles. The lowest BCUT2D eigenvalue weighted by atomic mass is 10.0. The number of fused-ring (bicyclic) bond motifs is 1. The maximum atomic E-state index is 4.39. The van der Waals surface area contributed by atoms with E-state index in [9.17, 15) is 0 Å². The van der Waals surface area contributed by atoms with Crippen molar-refractivity contribution in [3.8, 4) is 0 Å². The molecule has 0 bridgehead atoms. The highest BCUT2D eigenvalue weighted by Gasteiger charge is 2.36. The molecule has 1 aromatic heterocycles. The molecule has 2 aliphatic heterocycles. The van der Waals surface area contributed by atoms with Crippen LogP contribution in [0.1, 0.15) is 0 Å². The Balaban J connectivity index is 1.77. The Kier molecular flexibility index (Phi) is 1.91. The van der Waals surface area contributed by atoms with E-state index in [1.807, 2.05) is 12.3 Å². The zero-order chi connectivity index (χ0) is 9.38. The van der Waals surface area contributed by atoms with Crippen molar-refractivity contribution in [2.45, 2.75) is 0 Å². The molecule has 0 unspecified atom stereocenters. The highest BCUT2D eigenvalue weighted by molar-refractivity contribution is 5.39. The fourth-order valence-electron chi connectivity index (χ4n) is 2.58. The molecule has 1 aromatic rings. The first-order valence-electron chi connectivity index (χ1n) is 5.30. The SMILES string of the molecule is c1ccc(N2C[C@@H]3CNC[C@H]3C2)nc1. The summed E-state index contributed by atoms with van der Waals surface area (Å²) in [6.07, 6.45) is 1.88. The van der Waals surface area contributed by atoms with E-state index in [-0.39, 0.29) is 0 Å². The summed E-state index contributed by atoms with van der Waals surface area (Å²) < 4.78 is 0. The van der Waals surface area contributed by atoms with Crippen LogP contribution < -0.4 is 10.2 Å². The number of pyridine rings is 1. The van der Waals surface area contributed by atoms with Crippen molar-refractivity contribution in [1.82, 2.24) is 10.3 Å². The molecule has 1 N–H and O–H groups in total. The van der Waals surface area contributed by atoms with Crippen LogP contribution in [0.5, 0.6) is 0 Å². The third-order valence-electron chi connectivity index (χ3n) is 3.36. The van der Waals surface area contributed by atoms with Crippen LogP contribution in [0.15, 0.2) is 24.4 Å². The molecule has 14 heavy (non-hydrogen) atoms. The number of rotatable bonds is 1. The van der Waals surface area contributed by atoms with Gasteiger partial charge in [0.05, 0.1) is 0 Å². The van der Waals surface area contributed by atoms with Crippen LogP contribution in [0.4, 0.5) is 5.82 Å². The van der Waals surface area contributed by atoms with Gasteiger partial charge in [0.1, 0.15) is 5.82 Å². The number of nitrogens with zero attached hydrogens (tertiary/aromatic N) is 2. The lowest BCUT2D eigenvalue weighted by Crippen LogP contribution is -2.25. The summed E-state index contributed by atoms with van der Waals surface area (Å²) >= 11 is 0. The van der Waals surface area contributed by atoms with Crippen LogP contribution in [0.25, 0.3) is 0 Å². The molecule has 3 heterocycles. The Morgan fingerprint density at radius 3 is 2.64 bits per heavy atom. The Morgan fingerprint density at radius 1 is 1.21 bits per heavy atom. The van der Waals surface area contributed by atoms with Crippen LogP contribution in [-0.2, 0) is 0 Å². The van der Waals surface area contributed by atoms with Gasteiger partial charge in [-0.3, -0.25) is 0 Å².